The molecule has 8 heteroatoms. The predicted octanol–water partition coefficient (Wildman–Crippen LogP) is 0.634. The van der Waals surface area contributed by atoms with E-state index < -0.39 is 0 Å². The third-order valence-electron chi connectivity index (χ3n) is 3.24. The van der Waals surface area contributed by atoms with E-state index in [9.17, 15) is 4.79 Å². The molecular formula is C14H15N7O. The van der Waals surface area contributed by atoms with Crippen molar-refractivity contribution in [3.8, 4) is 5.69 Å². The molecule has 0 bridgehead atoms. The van der Waals surface area contributed by atoms with Crippen LogP contribution in [0.2, 0.25) is 0 Å². The average Bonchev–Trinajstić information content (AvgIpc) is 3.13. The van der Waals surface area contributed by atoms with Gasteiger partial charge < -0.3 is 5.32 Å². The Balaban J connectivity index is 1.65. The quantitative estimate of drug-likeness (QED) is 0.763. The number of carbonyl (C=O) groups excluding carboxylic acids is 1. The highest BCUT2D eigenvalue weighted by atomic mass is 16.1. The van der Waals surface area contributed by atoms with Gasteiger partial charge in [0.2, 0.25) is 0 Å². The molecule has 0 aliphatic heterocycles. The number of aromatic nitrogens is 6. The van der Waals surface area contributed by atoms with Crippen LogP contribution in [-0.4, -0.2) is 35.7 Å². The summed E-state index contributed by atoms with van der Waals surface area (Å²) in [7, 11) is 1.80. The number of hydrogen-bond donors (Lipinski definition) is 1. The van der Waals surface area contributed by atoms with Gasteiger partial charge in [0.15, 0.2) is 0 Å². The van der Waals surface area contributed by atoms with Gasteiger partial charge in [0.05, 0.1) is 18.4 Å². The number of rotatable bonds is 4. The highest BCUT2D eigenvalue weighted by Crippen LogP contribution is 2.05. The molecule has 0 aliphatic carbocycles. The van der Waals surface area contributed by atoms with Crippen molar-refractivity contribution in [2.24, 2.45) is 7.05 Å². The minimum Gasteiger partial charge on any atom is -0.345 e. The summed E-state index contributed by atoms with van der Waals surface area (Å²) in [6.07, 6.45) is 5.13. The number of carbonyl (C=O) groups is 1. The molecule has 1 amide bonds. The molecule has 0 aliphatic rings. The van der Waals surface area contributed by atoms with Crippen molar-refractivity contribution in [3.63, 3.8) is 0 Å². The zero-order chi connectivity index (χ0) is 15.5. The largest absolute Gasteiger partial charge is 0.345 e. The first-order valence-electron chi connectivity index (χ1n) is 6.74. The van der Waals surface area contributed by atoms with Crippen molar-refractivity contribution >= 4 is 5.91 Å². The van der Waals surface area contributed by atoms with Crippen LogP contribution in [0.4, 0.5) is 0 Å². The van der Waals surface area contributed by atoms with E-state index in [1.54, 1.807) is 41.1 Å². The summed E-state index contributed by atoms with van der Waals surface area (Å²) in [4.78, 5) is 16.0. The van der Waals surface area contributed by atoms with E-state index in [0.717, 1.165) is 11.4 Å². The van der Waals surface area contributed by atoms with Gasteiger partial charge in [0.1, 0.15) is 11.4 Å². The van der Waals surface area contributed by atoms with Gasteiger partial charge in [-0.2, -0.15) is 5.10 Å². The van der Waals surface area contributed by atoms with E-state index in [0.29, 0.717) is 17.9 Å². The van der Waals surface area contributed by atoms with Crippen molar-refractivity contribution in [2.45, 2.75) is 13.5 Å². The maximum absolute atomic E-state index is 12.0. The van der Waals surface area contributed by atoms with Crippen LogP contribution in [0.1, 0.15) is 21.9 Å². The highest BCUT2D eigenvalue weighted by Gasteiger charge is 2.11. The summed E-state index contributed by atoms with van der Waals surface area (Å²) >= 11 is 0. The molecule has 22 heavy (non-hydrogen) atoms. The van der Waals surface area contributed by atoms with E-state index in [4.69, 9.17) is 0 Å². The summed E-state index contributed by atoms with van der Waals surface area (Å²) < 4.78 is 3.29. The van der Waals surface area contributed by atoms with Crippen molar-refractivity contribution in [1.82, 2.24) is 35.1 Å². The maximum Gasteiger partial charge on any atom is 0.272 e. The second kappa shape index (κ2) is 5.76. The Kier molecular flexibility index (Phi) is 3.65. The van der Waals surface area contributed by atoms with E-state index in [-0.39, 0.29) is 5.91 Å². The fourth-order valence-corrected chi connectivity index (χ4v) is 1.94. The van der Waals surface area contributed by atoms with Crippen molar-refractivity contribution in [3.05, 3.63) is 53.9 Å². The monoisotopic (exact) mass is 297 g/mol. The van der Waals surface area contributed by atoms with Crippen molar-refractivity contribution < 1.29 is 4.79 Å². The molecule has 0 spiro atoms. The molecule has 0 saturated heterocycles. The first-order valence-corrected chi connectivity index (χ1v) is 6.74. The minimum absolute atomic E-state index is 0.234. The molecule has 1 N–H and O–H groups in total. The molecular weight excluding hydrogens is 282 g/mol. The SMILES string of the molecule is Cc1cc(C(=O)NCc2cn(-c3ccncc3)nn2)nn1C. The molecule has 0 fully saturated rings. The third kappa shape index (κ3) is 2.85. The van der Waals surface area contributed by atoms with Crippen LogP contribution in [0.15, 0.2) is 36.8 Å². The first-order chi connectivity index (χ1) is 10.6. The summed E-state index contributed by atoms with van der Waals surface area (Å²) in [6.45, 7) is 2.18. The van der Waals surface area contributed by atoms with Crippen LogP contribution in [0, 0.1) is 6.92 Å². The first kappa shape index (κ1) is 13.9. The Labute approximate surface area is 126 Å². The number of amides is 1. The number of aryl methyl sites for hydroxylation is 2. The van der Waals surface area contributed by atoms with E-state index in [1.165, 1.54) is 0 Å². The second-order valence-electron chi connectivity index (χ2n) is 4.84. The summed E-state index contributed by atoms with van der Waals surface area (Å²) in [5.41, 5.74) is 2.84. The molecule has 0 saturated carbocycles. The molecule has 3 aromatic rings. The van der Waals surface area contributed by atoms with Gasteiger partial charge in [0, 0.05) is 25.1 Å². The van der Waals surface area contributed by atoms with Gasteiger partial charge in [-0.3, -0.25) is 14.5 Å². The summed E-state index contributed by atoms with van der Waals surface area (Å²) in [5, 5.41) is 15.0. The maximum atomic E-state index is 12.0. The molecule has 3 aromatic heterocycles. The van der Waals surface area contributed by atoms with Crippen LogP contribution in [0.3, 0.4) is 0 Å². The summed E-state index contributed by atoms with van der Waals surface area (Å²) in [5.74, 6) is -0.234. The number of nitrogens with zero attached hydrogens (tertiary/aromatic N) is 6. The topological polar surface area (TPSA) is 90.5 Å². The van der Waals surface area contributed by atoms with Crippen LogP contribution in [-0.2, 0) is 13.6 Å². The molecule has 0 atom stereocenters. The zero-order valence-corrected chi connectivity index (χ0v) is 12.3. The second-order valence-corrected chi connectivity index (χ2v) is 4.84. The van der Waals surface area contributed by atoms with Crippen LogP contribution >= 0.6 is 0 Å². The van der Waals surface area contributed by atoms with Crippen LogP contribution < -0.4 is 5.32 Å². The summed E-state index contributed by atoms with van der Waals surface area (Å²) in [6, 6.07) is 5.39. The molecule has 0 aromatic carbocycles. The Morgan fingerprint density at radius 3 is 2.77 bits per heavy atom. The minimum atomic E-state index is -0.234. The molecule has 3 rings (SSSR count). The molecule has 0 unspecified atom stereocenters. The molecule has 8 nitrogen and oxygen atoms in total. The van der Waals surface area contributed by atoms with E-state index in [1.807, 2.05) is 19.1 Å². The molecule has 0 radical (unpaired) electrons. The van der Waals surface area contributed by atoms with Gasteiger partial charge in [-0.25, -0.2) is 4.68 Å². The lowest BCUT2D eigenvalue weighted by Gasteiger charge is -1.99. The van der Waals surface area contributed by atoms with E-state index >= 15 is 0 Å². The number of nitrogens with one attached hydrogen (secondary N) is 1. The number of pyridine rings is 1. The Morgan fingerprint density at radius 1 is 1.32 bits per heavy atom. The van der Waals surface area contributed by atoms with E-state index in [2.05, 4.69) is 25.7 Å². The lowest BCUT2D eigenvalue weighted by atomic mass is 10.3. The van der Waals surface area contributed by atoms with Gasteiger partial charge in [-0.15, -0.1) is 5.10 Å². The Bertz CT molecular complexity index is 771. The lowest BCUT2D eigenvalue weighted by molar-refractivity contribution is 0.0944. The number of hydrogen-bond acceptors (Lipinski definition) is 5. The Morgan fingerprint density at radius 2 is 2.09 bits per heavy atom. The van der Waals surface area contributed by atoms with Gasteiger partial charge in [0.25, 0.3) is 5.91 Å². The average molecular weight is 297 g/mol. The van der Waals surface area contributed by atoms with Crippen LogP contribution in [0.25, 0.3) is 5.69 Å². The fraction of sp³-hybridized carbons (Fsp3) is 0.214. The third-order valence-corrected chi connectivity index (χ3v) is 3.24. The lowest BCUT2D eigenvalue weighted by Crippen LogP contribution is -2.23. The van der Waals surface area contributed by atoms with Crippen LogP contribution in [0.5, 0.6) is 0 Å². The van der Waals surface area contributed by atoms with Gasteiger partial charge in [-0.05, 0) is 25.1 Å². The molecule has 112 valence electrons. The normalized spacial score (nSPS) is 10.6. The zero-order valence-electron chi connectivity index (χ0n) is 12.3. The van der Waals surface area contributed by atoms with Crippen molar-refractivity contribution in [2.75, 3.05) is 0 Å². The molecule has 3 heterocycles. The van der Waals surface area contributed by atoms with Gasteiger partial charge in [-0.1, -0.05) is 5.21 Å². The predicted molar refractivity (Wildman–Crippen MR) is 78.3 cm³/mol. The standard InChI is InChI=1S/C14H15N7O/c1-10-7-13(18-20(10)2)14(22)16-8-11-9-21(19-17-11)12-3-5-15-6-4-12/h3-7,9H,8H2,1-2H3,(H,16,22). The fourth-order valence-electron chi connectivity index (χ4n) is 1.94. The smallest absolute Gasteiger partial charge is 0.272 e. The highest BCUT2D eigenvalue weighted by molar-refractivity contribution is 5.92. The van der Waals surface area contributed by atoms with Crippen molar-refractivity contribution in [1.29, 1.82) is 0 Å². The van der Waals surface area contributed by atoms with Gasteiger partial charge >= 0.3 is 0 Å². The Hall–Kier alpha value is -3.03.